The summed E-state index contributed by atoms with van der Waals surface area (Å²) in [6, 6.07) is 86.2. The van der Waals surface area contributed by atoms with Crippen LogP contribution in [0, 0.1) is 0 Å². The van der Waals surface area contributed by atoms with Crippen molar-refractivity contribution in [3.05, 3.63) is 249 Å². The Hall–Kier alpha value is -2.07. The van der Waals surface area contributed by atoms with E-state index in [4.69, 9.17) is 61.7 Å². The van der Waals surface area contributed by atoms with Crippen molar-refractivity contribution in [3.63, 3.8) is 0 Å². The molecule has 0 spiro atoms. The van der Waals surface area contributed by atoms with E-state index in [1.54, 1.807) is 0 Å². The Morgan fingerprint density at radius 2 is 0.256 bits per heavy atom. The van der Waals surface area contributed by atoms with E-state index in [0.29, 0.717) is 0 Å². The van der Waals surface area contributed by atoms with Crippen molar-refractivity contribution >= 4 is 221 Å². The molecule has 0 N–H and O–H groups in total. The van der Waals surface area contributed by atoms with E-state index in [2.05, 4.69) is 468 Å². The van der Waals surface area contributed by atoms with Crippen LogP contribution < -0.4 is 36.3 Å². The van der Waals surface area contributed by atoms with E-state index in [0.717, 1.165) is 109 Å². The highest BCUT2D eigenvalue weighted by Gasteiger charge is 2.58. The van der Waals surface area contributed by atoms with Crippen LogP contribution in [-0.2, 0) is 61.7 Å². The van der Waals surface area contributed by atoms with Gasteiger partial charge in [0.05, 0.1) is 0 Å². The first-order valence-corrected chi connectivity index (χ1v) is 111. The van der Waals surface area contributed by atoms with Gasteiger partial charge in [0.15, 0.2) is 125 Å². The van der Waals surface area contributed by atoms with Gasteiger partial charge in [-0.2, -0.15) is 0 Å². The molecule has 0 aliphatic heterocycles. The number of rotatable bonds is 58. The molecule has 0 fully saturated rings. The molecule has 0 heterocycles. The zero-order valence-electron chi connectivity index (χ0n) is 89.2. The second kappa shape index (κ2) is 46.3. The SMILES string of the molecule is C=C[Si](C)(C)O[Si](C)(O[Si](C)(C)CC[Si](C)(C)O[Si](C)(O[Si](C)(C)CC[Si](C)(C)O[Si](O[Si](C)(C)CC[Si](C)(C)O[Si](C)(O[Si](C)(C)CC[Si](C)(C)O[Si](C)(O[Si](C)(C)C=C)c1ccccc1)c1ccccc1)(O[Si](C)(C)CC[Si](C)(C)O[Si](C)(O[Si](C)(C)CC[Si](C)(C)O[Si](C)(O[Si](C)(C)C=C)c1ccccc1)c1ccccc1)c1ccccc1)c1ccccc1)c1ccccc1. The fraction of sp³-hybridized carbons (Fsp3) is 0.500. The third kappa shape index (κ3) is 37.9. The minimum atomic E-state index is -3.95. The number of benzene rings is 7. The first kappa shape index (κ1) is 118. The quantitative estimate of drug-likeness (QED) is 0.0334. The average Bonchev–Trinajstić information content (AvgIpc) is 0.783. The lowest BCUT2D eigenvalue weighted by Gasteiger charge is -2.47. The van der Waals surface area contributed by atoms with E-state index >= 15 is 0 Å². The van der Waals surface area contributed by atoms with Crippen molar-refractivity contribution in [2.75, 3.05) is 0 Å². The molecule has 0 saturated carbocycles. The average molecular weight is 2190 g/mol. The van der Waals surface area contributed by atoms with Crippen molar-refractivity contribution in [1.82, 2.24) is 0 Å². The van der Waals surface area contributed by atoms with Gasteiger partial charge in [0.2, 0.25) is 0 Å². The highest BCUT2D eigenvalue weighted by Crippen LogP contribution is 2.41. The highest BCUT2D eigenvalue weighted by atomic mass is 28.5. The normalized spacial score (nSPS) is 17.0. The fourth-order valence-corrected chi connectivity index (χ4v) is 129. The van der Waals surface area contributed by atoms with E-state index < -0.39 is 185 Å². The second-order valence-corrected chi connectivity index (χ2v) is 135. The zero-order chi connectivity index (χ0) is 100. The molecule has 15 nitrogen and oxygen atoms in total. The van der Waals surface area contributed by atoms with Gasteiger partial charge in [-0.25, -0.2) is 0 Å². The molecule has 0 bridgehead atoms. The smallest absolute Gasteiger partial charge is 0.433 e. The lowest BCUT2D eigenvalue weighted by Crippen LogP contribution is -2.68. The number of hydrogen-bond donors (Lipinski definition) is 0. The highest BCUT2D eigenvalue weighted by molar-refractivity contribution is 7.03. The molecule has 7 aromatic carbocycles. The van der Waals surface area contributed by atoms with Crippen molar-refractivity contribution in [1.29, 1.82) is 0 Å². The molecule has 0 aliphatic rings. The molecule has 6 atom stereocenters. The maximum absolute atomic E-state index is 8.39. The van der Waals surface area contributed by atoms with Gasteiger partial charge < -0.3 is 61.7 Å². The maximum atomic E-state index is 8.39. The Labute approximate surface area is 832 Å². The van der Waals surface area contributed by atoms with Crippen LogP contribution in [0.5, 0.6) is 0 Å². The van der Waals surface area contributed by atoms with E-state index in [1.165, 1.54) is 0 Å². The van der Waals surface area contributed by atoms with Gasteiger partial charge in [-0.1, -0.05) is 229 Å². The van der Waals surface area contributed by atoms with Crippen LogP contribution >= 0.6 is 0 Å². The van der Waals surface area contributed by atoms with Crippen LogP contribution in [0.4, 0.5) is 0 Å². The van der Waals surface area contributed by atoms with Crippen molar-refractivity contribution < 1.29 is 61.7 Å². The third-order valence-corrected chi connectivity index (χ3v) is 113. The first-order valence-electron chi connectivity index (χ1n) is 48.6. The molecule has 0 radical (unpaired) electrons. The molecule has 738 valence electrons. The Morgan fingerprint density at radius 3 is 0.376 bits per heavy atom. The van der Waals surface area contributed by atoms with Crippen LogP contribution in [0.3, 0.4) is 0 Å². The summed E-state index contributed by atoms with van der Waals surface area (Å²) in [7, 11) is -59.5. The second-order valence-electron chi connectivity index (χ2n) is 46.9. The molecule has 0 aliphatic carbocycles. The Balaban J connectivity index is 1.22. The molecule has 0 amide bonds. The molecule has 6 unspecified atom stereocenters. The van der Waals surface area contributed by atoms with Crippen molar-refractivity contribution in [2.24, 2.45) is 0 Å². The van der Waals surface area contributed by atoms with E-state index in [1.807, 2.05) is 17.1 Å². The Kier molecular flexibility index (Phi) is 41.1. The molecule has 0 saturated heterocycles. The summed E-state index contributed by atoms with van der Waals surface area (Å²) in [5, 5.41) is 7.96. The van der Waals surface area contributed by atoms with Crippen molar-refractivity contribution in [2.45, 2.75) is 308 Å². The predicted molar refractivity (Wildman–Crippen MR) is 625 cm³/mol. The van der Waals surface area contributed by atoms with Gasteiger partial charge in [-0.15, -0.1) is 19.7 Å². The fourth-order valence-electron chi connectivity index (χ4n) is 17.9. The summed E-state index contributed by atoms with van der Waals surface area (Å²) < 4.78 is 116. The molecular formula is C96H176O15Si22. The van der Waals surface area contributed by atoms with Gasteiger partial charge in [0, 0.05) is 5.19 Å². The topological polar surface area (TPSA) is 138 Å². The van der Waals surface area contributed by atoms with Crippen LogP contribution in [0.2, 0.25) is 308 Å². The maximum Gasteiger partial charge on any atom is 0.505 e. The standard InChI is InChI=1S/C96H176O15Si22/c1-40-112(4,5)97-127(34,90-64-50-43-51-65-90)100-115(10,11)78-81-118(16,17)103-130(37,93-70-56-46-57-71-93)106-121(22,23)84-87-124(28,29)109-133(96-76-62-49-63-77-96,110-125(30,31)88-85-122(24,25)107-131(38,94-72-58-47-59-73-94)104-119(18,19)82-79-116(12,13)101-128(35,98-113(6,7)41-2)91-66-52-44-53-67-91)111-126(32,33)89-86-123(26,27)108-132(39,95-74-60-48-61-75-95)105-120(20,21)83-80-117(14,15)102-129(36,99-114(8,9)42-3)92-68-54-45-55-69-92/h40-77H,1-3,78-89H2,4-39H3. The zero-order valence-corrected chi connectivity index (χ0v) is 111. The molecule has 0 aromatic heterocycles. The monoisotopic (exact) mass is 2180 g/mol. The van der Waals surface area contributed by atoms with E-state index in [9.17, 15) is 0 Å². The molecule has 37 heteroatoms. The lowest BCUT2D eigenvalue weighted by molar-refractivity contribution is 0.267. The van der Waals surface area contributed by atoms with Crippen molar-refractivity contribution in [3.8, 4) is 0 Å². The first-order chi connectivity index (χ1) is 60.8. The summed E-state index contributed by atoms with van der Waals surface area (Å²) in [5.74, 6) is 0. The Bertz CT molecular complexity index is 4360. The van der Waals surface area contributed by atoms with Gasteiger partial charge in [-0.3, -0.25) is 0 Å². The van der Waals surface area contributed by atoms with Crippen LogP contribution in [-0.4, -0.2) is 185 Å². The lowest BCUT2D eigenvalue weighted by atomic mass is 10.4. The van der Waals surface area contributed by atoms with Gasteiger partial charge in [-0.05, 0) is 339 Å². The summed E-state index contributed by atoms with van der Waals surface area (Å²) in [6.07, 6.45) is 0. The molecule has 133 heavy (non-hydrogen) atoms. The molecule has 7 rings (SSSR count). The predicted octanol–water partition coefficient (Wildman–Crippen LogP) is 25.2. The minimum absolute atomic E-state index is 0.836. The van der Waals surface area contributed by atoms with Gasteiger partial charge in [0.25, 0.3) is 0 Å². The summed E-state index contributed by atoms with van der Waals surface area (Å²) >= 11 is 0. The van der Waals surface area contributed by atoms with Gasteiger partial charge >= 0.3 is 60.2 Å². The van der Waals surface area contributed by atoms with Crippen LogP contribution in [0.15, 0.2) is 249 Å². The van der Waals surface area contributed by atoms with Crippen LogP contribution in [0.1, 0.15) is 0 Å². The van der Waals surface area contributed by atoms with Crippen LogP contribution in [0.25, 0.3) is 0 Å². The largest absolute Gasteiger partial charge is 0.505 e. The van der Waals surface area contributed by atoms with E-state index in [-0.39, 0.29) is 0 Å². The summed E-state index contributed by atoms with van der Waals surface area (Å²) in [6.45, 7) is 97.2. The number of hydrogen-bond acceptors (Lipinski definition) is 15. The summed E-state index contributed by atoms with van der Waals surface area (Å²) in [5.41, 5.74) is 6.09. The third-order valence-electron chi connectivity index (χ3n) is 25.2. The minimum Gasteiger partial charge on any atom is -0.433 e. The molecule has 7 aromatic rings. The molecular weight excluding hydrogens is 2010 g/mol. The Morgan fingerprint density at radius 1 is 0.150 bits per heavy atom. The van der Waals surface area contributed by atoms with Gasteiger partial charge in [0.1, 0.15) is 0 Å². The summed E-state index contributed by atoms with van der Waals surface area (Å²) in [4.78, 5) is 0.